The molecule has 1 saturated heterocycles. The molecule has 0 aromatic heterocycles. The SMILES string of the molecule is O=C(NC1CCC1)C1CC2CCCCC2N1. The highest BCUT2D eigenvalue weighted by molar-refractivity contribution is 5.82. The van der Waals surface area contributed by atoms with Gasteiger partial charge < -0.3 is 10.6 Å². The fourth-order valence-corrected chi connectivity index (χ4v) is 3.38. The van der Waals surface area contributed by atoms with Crippen LogP contribution in [0.3, 0.4) is 0 Å². The van der Waals surface area contributed by atoms with Crippen molar-refractivity contribution in [2.24, 2.45) is 5.92 Å². The summed E-state index contributed by atoms with van der Waals surface area (Å²) < 4.78 is 0. The van der Waals surface area contributed by atoms with Gasteiger partial charge in [-0.05, 0) is 44.4 Å². The van der Waals surface area contributed by atoms with Gasteiger partial charge in [0, 0.05) is 12.1 Å². The van der Waals surface area contributed by atoms with Crippen molar-refractivity contribution in [3.05, 3.63) is 0 Å². The molecule has 16 heavy (non-hydrogen) atoms. The molecule has 0 aromatic rings. The minimum atomic E-state index is 0.105. The molecule has 3 heteroatoms. The van der Waals surface area contributed by atoms with E-state index < -0.39 is 0 Å². The maximum Gasteiger partial charge on any atom is 0.237 e. The van der Waals surface area contributed by atoms with Gasteiger partial charge in [-0.25, -0.2) is 0 Å². The van der Waals surface area contributed by atoms with E-state index in [1.54, 1.807) is 0 Å². The van der Waals surface area contributed by atoms with Crippen LogP contribution in [0.1, 0.15) is 51.4 Å². The average molecular weight is 222 g/mol. The van der Waals surface area contributed by atoms with Crippen LogP contribution in [0.5, 0.6) is 0 Å². The van der Waals surface area contributed by atoms with E-state index in [-0.39, 0.29) is 11.9 Å². The standard InChI is InChI=1S/C13H22N2O/c16-13(14-10-5-3-6-10)12-8-9-4-1-2-7-11(9)15-12/h9-12,15H,1-8H2,(H,14,16). The van der Waals surface area contributed by atoms with Gasteiger partial charge in [0.05, 0.1) is 6.04 Å². The molecule has 3 fully saturated rings. The van der Waals surface area contributed by atoms with Crippen LogP contribution < -0.4 is 10.6 Å². The summed E-state index contributed by atoms with van der Waals surface area (Å²) in [4.78, 5) is 12.0. The van der Waals surface area contributed by atoms with E-state index in [1.165, 1.54) is 44.9 Å². The fraction of sp³-hybridized carbons (Fsp3) is 0.923. The second kappa shape index (κ2) is 4.36. The fourth-order valence-electron chi connectivity index (χ4n) is 3.38. The molecule has 0 aromatic carbocycles. The lowest BCUT2D eigenvalue weighted by molar-refractivity contribution is -0.124. The second-order valence-corrected chi connectivity index (χ2v) is 5.74. The van der Waals surface area contributed by atoms with Crippen molar-refractivity contribution in [2.45, 2.75) is 69.5 Å². The summed E-state index contributed by atoms with van der Waals surface area (Å²) in [5.74, 6) is 1.03. The molecule has 1 aliphatic heterocycles. The first-order valence-electron chi connectivity index (χ1n) is 6.89. The van der Waals surface area contributed by atoms with Gasteiger partial charge in [-0.15, -0.1) is 0 Å². The molecular formula is C13H22N2O. The highest BCUT2D eigenvalue weighted by Crippen LogP contribution is 2.33. The molecule has 3 rings (SSSR count). The normalized spacial score (nSPS) is 38.9. The summed E-state index contributed by atoms with van der Waals surface area (Å²) in [7, 11) is 0. The topological polar surface area (TPSA) is 41.1 Å². The minimum Gasteiger partial charge on any atom is -0.352 e. The van der Waals surface area contributed by atoms with E-state index in [0.29, 0.717) is 12.1 Å². The minimum absolute atomic E-state index is 0.105. The van der Waals surface area contributed by atoms with E-state index in [2.05, 4.69) is 10.6 Å². The first-order chi connectivity index (χ1) is 7.83. The first-order valence-corrected chi connectivity index (χ1v) is 6.89. The predicted molar refractivity (Wildman–Crippen MR) is 63.1 cm³/mol. The lowest BCUT2D eigenvalue weighted by Gasteiger charge is -2.28. The quantitative estimate of drug-likeness (QED) is 0.744. The van der Waals surface area contributed by atoms with Crippen LogP contribution >= 0.6 is 0 Å². The van der Waals surface area contributed by atoms with E-state index in [0.717, 1.165) is 12.3 Å². The Morgan fingerprint density at radius 2 is 1.88 bits per heavy atom. The third kappa shape index (κ3) is 1.97. The molecule has 3 aliphatic rings. The van der Waals surface area contributed by atoms with Gasteiger partial charge in [-0.1, -0.05) is 12.8 Å². The number of carbonyl (C=O) groups excluding carboxylic acids is 1. The third-order valence-corrected chi connectivity index (χ3v) is 4.63. The zero-order valence-electron chi connectivity index (χ0n) is 9.87. The highest BCUT2D eigenvalue weighted by atomic mass is 16.2. The first kappa shape index (κ1) is 10.6. The smallest absolute Gasteiger partial charge is 0.237 e. The molecule has 1 amide bonds. The third-order valence-electron chi connectivity index (χ3n) is 4.63. The molecule has 2 aliphatic carbocycles. The molecule has 0 spiro atoms. The average Bonchev–Trinajstić information content (AvgIpc) is 2.66. The predicted octanol–water partition coefficient (Wildman–Crippen LogP) is 1.58. The van der Waals surface area contributed by atoms with Crippen molar-refractivity contribution in [2.75, 3.05) is 0 Å². The number of hydrogen-bond donors (Lipinski definition) is 2. The van der Waals surface area contributed by atoms with Crippen molar-refractivity contribution in [3.63, 3.8) is 0 Å². The summed E-state index contributed by atoms with van der Waals surface area (Å²) in [6, 6.07) is 1.22. The molecule has 0 radical (unpaired) electrons. The van der Waals surface area contributed by atoms with E-state index in [9.17, 15) is 4.79 Å². The Morgan fingerprint density at radius 1 is 1.06 bits per heavy atom. The number of amides is 1. The van der Waals surface area contributed by atoms with Gasteiger partial charge in [-0.3, -0.25) is 4.79 Å². The van der Waals surface area contributed by atoms with Crippen LogP contribution in [0.4, 0.5) is 0 Å². The van der Waals surface area contributed by atoms with Gasteiger partial charge in [0.1, 0.15) is 0 Å². The zero-order chi connectivity index (χ0) is 11.0. The highest BCUT2D eigenvalue weighted by Gasteiger charge is 2.38. The van der Waals surface area contributed by atoms with E-state index in [4.69, 9.17) is 0 Å². The summed E-state index contributed by atoms with van der Waals surface area (Å²) in [6.07, 6.45) is 10.0. The number of rotatable bonds is 2. The van der Waals surface area contributed by atoms with Crippen LogP contribution in [-0.4, -0.2) is 24.0 Å². The lowest BCUT2D eigenvalue weighted by atomic mass is 9.85. The molecule has 3 nitrogen and oxygen atoms in total. The van der Waals surface area contributed by atoms with E-state index in [1.807, 2.05) is 0 Å². The number of nitrogens with one attached hydrogen (secondary N) is 2. The Balaban J connectivity index is 1.53. The maximum absolute atomic E-state index is 12.0. The largest absolute Gasteiger partial charge is 0.352 e. The second-order valence-electron chi connectivity index (χ2n) is 5.74. The Bertz CT molecular complexity index is 261. The zero-order valence-corrected chi connectivity index (χ0v) is 9.87. The summed E-state index contributed by atoms with van der Waals surface area (Å²) in [5.41, 5.74) is 0. The molecule has 2 N–H and O–H groups in total. The van der Waals surface area contributed by atoms with Gasteiger partial charge in [0.2, 0.25) is 5.91 Å². The summed E-state index contributed by atoms with van der Waals surface area (Å²) in [6.45, 7) is 0. The number of fused-ring (bicyclic) bond motifs is 1. The molecule has 2 saturated carbocycles. The monoisotopic (exact) mass is 222 g/mol. The van der Waals surface area contributed by atoms with Gasteiger partial charge in [-0.2, -0.15) is 0 Å². The molecule has 90 valence electrons. The van der Waals surface area contributed by atoms with Crippen molar-refractivity contribution in [1.29, 1.82) is 0 Å². The molecule has 1 heterocycles. The molecule has 3 unspecified atom stereocenters. The van der Waals surface area contributed by atoms with Crippen molar-refractivity contribution >= 4 is 5.91 Å². The van der Waals surface area contributed by atoms with Crippen LogP contribution in [0.25, 0.3) is 0 Å². The van der Waals surface area contributed by atoms with Gasteiger partial charge in [0.25, 0.3) is 0 Å². The van der Waals surface area contributed by atoms with Crippen molar-refractivity contribution in [3.8, 4) is 0 Å². The van der Waals surface area contributed by atoms with Crippen molar-refractivity contribution < 1.29 is 4.79 Å². The maximum atomic E-state index is 12.0. The molecule has 3 atom stereocenters. The van der Waals surface area contributed by atoms with Gasteiger partial charge in [0.15, 0.2) is 0 Å². The van der Waals surface area contributed by atoms with Crippen LogP contribution in [-0.2, 0) is 4.79 Å². The Hall–Kier alpha value is -0.570. The summed E-state index contributed by atoms with van der Waals surface area (Å²) in [5, 5.41) is 6.70. The number of hydrogen-bond acceptors (Lipinski definition) is 2. The Labute approximate surface area is 97.4 Å². The number of carbonyl (C=O) groups is 1. The Kier molecular flexibility index (Phi) is 2.88. The lowest BCUT2D eigenvalue weighted by Crippen LogP contribution is -2.48. The van der Waals surface area contributed by atoms with Crippen LogP contribution in [0.15, 0.2) is 0 Å². The Morgan fingerprint density at radius 3 is 2.56 bits per heavy atom. The van der Waals surface area contributed by atoms with Crippen molar-refractivity contribution in [1.82, 2.24) is 10.6 Å². The van der Waals surface area contributed by atoms with Crippen LogP contribution in [0, 0.1) is 5.92 Å². The molecule has 0 bridgehead atoms. The molecular weight excluding hydrogens is 200 g/mol. The summed E-state index contributed by atoms with van der Waals surface area (Å²) >= 11 is 0. The van der Waals surface area contributed by atoms with Crippen LogP contribution in [0.2, 0.25) is 0 Å². The van der Waals surface area contributed by atoms with Gasteiger partial charge >= 0.3 is 0 Å². The van der Waals surface area contributed by atoms with E-state index >= 15 is 0 Å².